The number of carbonyl (C=O) groups excluding carboxylic acids is 1. The quantitative estimate of drug-likeness (QED) is 0.811. The van der Waals surface area contributed by atoms with Gasteiger partial charge in [0.2, 0.25) is 0 Å². The van der Waals surface area contributed by atoms with Crippen molar-refractivity contribution < 1.29 is 14.3 Å². The van der Waals surface area contributed by atoms with Gasteiger partial charge in [-0.1, -0.05) is 36.2 Å². The van der Waals surface area contributed by atoms with Crippen molar-refractivity contribution in [2.24, 2.45) is 0 Å². The predicted octanol–water partition coefficient (Wildman–Crippen LogP) is 4.80. The summed E-state index contributed by atoms with van der Waals surface area (Å²) in [4.78, 5) is 12.4. The third kappa shape index (κ3) is 4.78. The van der Waals surface area contributed by atoms with Crippen LogP contribution in [-0.4, -0.2) is 19.1 Å². The molecule has 4 nitrogen and oxygen atoms in total. The van der Waals surface area contributed by atoms with Crippen LogP contribution in [0.15, 0.2) is 42.5 Å². The van der Waals surface area contributed by atoms with Crippen molar-refractivity contribution in [2.45, 2.75) is 19.4 Å². The largest absolute Gasteiger partial charge is 0.497 e. The molecule has 6 heteroatoms. The fraction of sp³-hybridized carbons (Fsp3) is 0.235. The van der Waals surface area contributed by atoms with Crippen molar-refractivity contribution >= 4 is 34.8 Å². The summed E-state index contributed by atoms with van der Waals surface area (Å²) >= 11 is 11.9. The number of hydrogen-bond donors (Lipinski definition) is 1. The van der Waals surface area contributed by atoms with Crippen LogP contribution in [0, 0.1) is 0 Å². The van der Waals surface area contributed by atoms with E-state index in [0.29, 0.717) is 33.7 Å². The molecule has 0 fully saturated rings. The molecule has 0 saturated heterocycles. The predicted molar refractivity (Wildman–Crippen MR) is 92.8 cm³/mol. The van der Waals surface area contributed by atoms with Gasteiger partial charge in [0.05, 0.1) is 17.8 Å². The van der Waals surface area contributed by atoms with E-state index in [4.69, 9.17) is 32.7 Å². The van der Waals surface area contributed by atoms with Crippen LogP contribution < -0.4 is 14.8 Å². The number of amides is 1. The number of nitrogens with one attached hydrogen (secondary N) is 1. The Labute approximate surface area is 145 Å². The van der Waals surface area contributed by atoms with E-state index in [-0.39, 0.29) is 5.91 Å². The highest BCUT2D eigenvalue weighted by atomic mass is 35.5. The monoisotopic (exact) mass is 353 g/mol. The molecule has 0 bridgehead atoms. The number of methoxy groups -OCH3 is 1. The Morgan fingerprint density at radius 3 is 2.57 bits per heavy atom. The molecule has 2 rings (SSSR count). The molecule has 0 saturated carbocycles. The molecule has 1 amide bonds. The fourth-order valence-corrected chi connectivity index (χ4v) is 2.42. The third-order valence-corrected chi connectivity index (χ3v) is 3.72. The maximum atomic E-state index is 12.4. The topological polar surface area (TPSA) is 47.6 Å². The summed E-state index contributed by atoms with van der Waals surface area (Å²) in [5.74, 6) is 0.951. The van der Waals surface area contributed by atoms with Gasteiger partial charge in [0.25, 0.3) is 5.91 Å². The van der Waals surface area contributed by atoms with Crippen LogP contribution in [0.4, 0.5) is 5.69 Å². The van der Waals surface area contributed by atoms with E-state index in [1.54, 1.807) is 49.6 Å². The van der Waals surface area contributed by atoms with Crippen LogP contribution in [0.3, 0.4) is 0 Å². The van der Waals surface area contributed by atoms with Crippen LogP contribution in [-0.2, 0) is 4.79 Å². The second-order valence-electron chi connectivity index (χ2n) is 4.81. The minimum absolute atomic E-state index is 0.278. The van der Waals surface area contributed by atoms with Crippen molar-refractivity contribution in [2.75, 3.05) is 12.4 Å². The first-order chi connectivity index (χ1) is 11.0. The molecule has 1 atom stereocenters. The van der Waals surface area contributed by atoms with Crippen molar-refractivity contribution in [3.05, 3.63) is 52.5 Å². The Kier molecular flexibility index (Phi) is 6.13. The number of anilines is 1. The number of benzene rings is 2. The standard InChI is InChI=1S/C17H17Cl2NO3/c1-3-16(23-13-6-4-5-12(10-13)22-2)17(21)20-15-8-7-11(18)9-14(15)19/h4-10,16H,3H2,1-2H3,(H,20,21). The lowest BCUT2D eigenvalue weighted by Crippen LogP contribution is -2.32. The zero-order valence-electron chi connectivity index (χ0n) is 12.8. The van der Waals surface area contributed by atoms with Crippen molar-refractivity contribution in [1.29, 1.82) is 0 Å². The summed E-state index contributed by atoms with van der Waals surface area (Å²) in [6.45, 7) is 1.87. The first-order valence-electron chi connectivity index (χ1n) is 7.10. The van der Waals surface area contributed by atoms with Crippen molar-refractivity contribution in [3.63, 3.8) is 0 Å². The molecular weight excluding hydrogens is 337 g/mol. The normalized spacial score (nSPS) is 11.7. The maximum Gasteiger partial charge on any atom is 0.265 e. The van der Waals surface area contributed by atoms with Gasteiger partial charge in [-0.15, -0.1) is 0 Å². The lowest BCUT2D eigenvalue weighted by atomic mass is 10.2. The number of hydrogen-bond acceptors (Lipinski definition) is 3. The van der Waals surface area contributed by atoms with Gasteiger partial charge in [0.15, 0.2) is 6.10 Å². The van der Waals surface area contributed by atoms with Crippen LogP contribution in [0.25, 0.3) is 0 Å². The summed E-state index contributed by atoms with van der Waals surface area (Å²) in [5.41, 5.74) is 0.494. The molecule has 0 aromatic heterocycles. The highest BCUT2D eigenvalue weighted by molar-refractivity contribution is 6.36. The van der Waals surface area contributed by atoms with E-state index >= 15 is 0 Å². The van der Waals surface area contributed by atoms with E-state index in [1.807, 2.05) is 6.92 Å². The molecule has 1 unspecified atom stereocenters. The second kappa shape index (κ2) is 8.09. The molecule has 2 aromatic rings. The van der Waals surface area contributed by atoms with E-state index < -0.39 is 6.10 Å². The first kappa shape index (κ1) is 17.4. The van der Waals surface area contributed by atoms with Gasteiger partial charge < -0.3 is 14.8 Å². The Morgan fingerprint density at radius 2 is 1.91 bits per heavy atom. The summed E-state index contributed by atoms with van der Waals surface area (Å²) in [7, 11) is 1.58. The van der Waals surface area contributed by atoms with E-state index in [0.717, 1.165) is 0 Å². The van der Waals surface area contributed by atoms with E-state index in [9.17, 15) is 4.79 Å². The van der Waals surface area contributed by atoms with Crippen LogP contribution in [0.5, 0.6) is 11.5 Å². The molecule has 1 N–H and O–H groups in total. The Bertz CT molecular complexity index is 691. The average molecular weight is 354 g/mol. The zero-order chi connectivity index (χ0) is 16.8. The van der Waals surface area contributed by atoms with Crippen molar-refractivity contribution in [1.82, 2.24) is 0 Å². The van der Waals surface area contributed by atoms with Gasteiger partial charge in [-0.25, -0.2) is 0 Å². The van der Waals surface area contributed by atoms with E-state index in [1.165, 1.54) is 0 Å². The molecule has 0 aliphatic rings. The van der Waals surface area contributed by atoms with Gasteiger partial charge in [-0.05, 0) is 36.8 Å². The lowest BCUT2D eigenvalue weighted by Gasteiger charge is -2.18. The Hall–Kier alpha value is -1.91. The van der Waals surface area contributed by atoms with Gasteiger partial charge in [-0.2, -0.15) is 0 Å². The molecule has 0 aliphatic carbocycles. The van der Waals surface area contributed by atoms with Gasteiger partial charge in [0, 0.05) is 11.1 Å². The minimum Gasteiger partial charge on any atom is -0.497 e. The third-order valence-electron chi connectivity index (χ3n) is 3.17. The highest BCUT2D eigenvalue weighted by Gasteiger charge is 2.19. The zero-order valence-corrected chi connectivity index (χ0v) is 14.3. The molecule has 0 heterocycles. The summed E-state index contributed by atoms with van der Waals surface area (Å²) in [6, 6.07) is 12.0. The van der Waals surface area contributed by atoms with E-state index in [2.05, 4.69) is 5.32 Å². The average Bonchev–Trinajstić information content (AvgIpc) is 2.55. The van der Waals surface area contributed by atoms with Crippen molar-refractivity contribution in [3.8, 4) is 11.5 Å². The van der Waals surface area contributed by atoms with Gasteiger partial charge >= 0.3 is 0 Å². The van der Waals surface area contributed by atoms with Gasteiger partial charge in [-0.3, -0.25) is 4.79 Å². The fourth-order valence-electron chi connectivity index (χ4n) is 1.97. The first-order valence-corrected chi connectivity index (χ1v) is 7.85. The molecule has 0 aliphatic heterocycles. The number of carbonyl (C=O) groups is 1. The number of ether oxygens (including phenoxy) is 2. The number of halogens is 2. The second-order valence-corrected chi connectivity index (χ2v) is 5.65. The van der Waals surface area contributed by atoms with Crippen LogP contribution in [0.1, 0.15) is 13.3 Å². The molecule has 0 radical (unpaired) electrons. The summed E-state index contributed by atoms with van der Waals surface area (Å²) < 4.78 is 10.9. The highest BCUT2D eigenvalue weighted by Crippen LogP contribution is 2.26. The SMILES string of the molecule is CCC(Oc1cccc(OC)c1)C(=O)Nc1ccc(Cl)cc1Cl. The number of rotatable bonds is 6. The minimum atomic E-state index is -0.645. The lowest BCUT2D eigenvalue weighted by molar-refractivity contribution is -0.122. The van der Waals surface area contributed by atoms with Gasteiger partial charge in [0.1, 0.15) is 11.5 Å². The maximum absolute atomic E-state index is 12.4. The molecular formula is C17H17Cl2NO3. The Morgan fingerprint density at radius 1 is 1.17 bits per heavy atom. The molecule has 23 heavy (non-hydrogen) atoms. The summed E-state index contributed by atoms with van der Waals surface area (Å²) in [6.07, 6.45) is -0.136. The summed E-state index contributed by atoms with van der Waals surface area (Å²) in [5, 5.41) is 3.64. The van der Waals surface area contributed by atoms with Crippen LogP contribution in [0.2, 0.25) is 10.0 Å². The smallest absolute Gasteiger partial charge is 0.265 e. The molecule has 2 aromatic carbocycles. The van der Waals surface area contributed by atoms with Crippen LogP contribution >= 0.6 is 23.2 Å². The molecule has 0 spiro atoms. The Balaban J connectivity index is 2.08. The molecule has 122 valence electrons.